The molecule has 0 atom stereocenters. The van der Waals surface area contributed by atoms with Crippen molar-refractivity contribution in [3.8, 4) is 34.2 Å². The highest BCUT2D eigenvalue weighted by atomic mass is 16.3. The molecule has 2 heterocycles. The lowest BCUT2D eigenvalue weighted by atomic mass is 10.1. The summed E-state index contributed by atoms with van der Waals surface area (Å²) in [4.78, 5) is 9.79. The largest absolute Gasteiger partial charge is 0.507 e. The van der Waals surface area contributed by atoms with Crippen LogP contribution < -0.4 is 9.80 Å². The molecular formula is C35H35N5O2. The maximum absolute atomic E-state index is 10.5. The first-order valence-electron chi connectivity index (χ1n) is 14.8. The highest BCUT2D eigenvalue weighted by molar-refractivity contribution is 5.68. The predicted octanol–water partition coefficient (Wildman–Crippen LogP) is 6.05. The van der Waals surface area contributed by atoms with Crippen LogP contribution in [0.2, 0.25) is 0 Å². The fourth-order valence-corrected chi connectivity index (χ4v) is 5.83. The third-order valence-electron chi connectivity index (χ3n) is 8.39. The Hall–Kier alpha value is -4.62. The number of phenolic OH excluding ortho intramolecular Hbond substituents is 1. The van der Waals surface area contributed by atoms with Gasteiger partial charge >= 0.3 is 0 Å². The van der Waals surface area contributed by atoms with Gasteiger partial charge in [0.25, 0.3) is 0 Å². The number of aromatic nitrogens is 3. The van der Waals surface area contributed by atoms with Crippen LogP contribution in [0.25, 0.3) is 28.5 Å². The van der Waals surface area contributed by atoms with Gasteiger partial charge in [0.05, 0.1) is 11.3 Å². The molecule has 7 nitrogen and oxygen atoms in total. The first-order valence-corrected chi connectivity index (χ1v) is 14.8. The van der Waals surface area contributed by atoms with Crippen LogP contribution in [0.1, 0.15) is 29.9 Å². The fourth-order valence-electron chi connectivity index (χ4n) is 5.83. The quantitative estimate of drug-likeness (QED) is 0.242. The van der Waals surface area contributed by atoms with Crippen molar-refractivity contribution < 1.29 is 10.2 Å². The summed E-state index contributed by atoms with van der Waals surface area (Å²) in [6.07, 6.45) is 3.18. The first-order chi connectivity index (χ1) is 20.7. The molecule has 2 N–H and O–H groups in total. The highest BCUT2D eigenvalue weighted by Crippen LogP contribution is 2.41. The van der Waals surface area contributed by atoms with Gasteiger partial charge in [0.1, 0.15) is 5.75 Å². The van der Waals surface area contributed by atoms with Crippen LogP contribution in [-0.2, 0) is 6.42 Å². The van der Waals surface area contributed by atoms with E-state index in [9.17, 15) is 10.2 Å². The van der Waals surface area contributed by atoms with Gasteiger partial charge in [-0.05, 0) is 90.9 Å². The molecule has 1 saturated heterocycles. The molecule has 1 saturated carbocycles. The Labute approximate surface area is 246 Å². The normalized spacial score (nSPS) is 15.3. The Bertz CT molecular complexity index is 1670. The number of nitrogens with zero attached hydrogens (tertiary/aromatic N) is 5. The van der Waals surface area contributed by atoms with E-state index in [1.54, 1.807) is 6.07 Å². The number of rotatable bonds is 8. The summed E-state index contributed by atoms with van der Waals surface area (Å²) in [7, 11) is 0. The van der Waals surface area contributed by atoms with E-state index in [0.29, 0.717) is 23.7 Å². The van der Waals surface area contributed by atoms with E-state index < -0.39 is 0 Å². The van der Waals surface area contributed by atoms with Crippen molar-refractivity contribution in [1.29, 1.82) is 0 Å². The molecule has 2 aliphatic rings. The van der Waals surface area contributed by atoms with E-state index in [1.807, 2.05) is 22.9 Å². The van der Waals surface area contributed by atoms with Gasteiger partial charge in [-0.2, -0.15) is 0 Å². The minimum absolute atomic E-state index is 0.170. The SMILES string of the molecule is OCCc1ccc(N2CCN(c3ccc(-n4nc(-c5ccccc5O)nc4-c4cccc(C5CC5)c4)cc3)CC2)cc1. The van der Waals surface area contributed by atoms with Crippen LogP contribution in [0.5, 0.6) is 5.75 Å². The molecule has 7 rings (SSSR count). The van der Waals surface area contributed by atoms with Gasteiger partial charge in [0.2, 0.25) is 0 Å². The van der Waals surface area contributed by atoms with E-state index in [4.69, 9.17) is 10.1 Å². The number of anilines is 2. The first kappa shape index (κ1) is 26.3. The Kier molecular flexibility index (Phi) is 7.10. The van der Waals surface area contributed by atoms with E-state index in [-0.39, 0.29) is 12.4 Å². The van der Waals surface area contributed by atoms with E-state index in [0.717, 1.165) is 43.3 Å². The van der Waals surface area contributed by atoms with Crippen LogP contribution >= 0.6 is 0 Å². The molecule has 0 radical (unpaired) electrons. The van der Waals surface area contributed by atoms with Crippen LogP contribution in [0.3, 0.4) is 0 Å². The minimum atomic E-state index is 0.170. The van der Waals surface area contributed by atoms with Gasteiger partial charge in [-0.1, -0.05) is 42.5 Å². The van der Waals surface area contributed by atoms with Gasteiger partial charge in [0.15, 0.2) is 11.6 Å². The standard InChI is InChI=1S/C35H35N5O2/c41-23-18-25-8-12-29(13-9-25)38-19-21-39(22-20-38)30-14-16-31(17-15-30)40-35(28-5-3-4-27(24-28)26-10-11-26)36-34(37-40)32-6-1-2-7-33(32)42/h1-9,12-17,24,26,41-42H,10-11,18-23H2. The van der Waals surface area contributed by atoms with E-state index in [2.05, 4.69) is 82.6 Å². The zero-order valence-electron chi connectivity index (χ0n) is 23.6. The molecule has 1 aromatic heterocycles. The summed E-state index contributed by atoms with van der Waals surface area (Å²) in [6.45, 7) is 3.97. The molecule has 7 heteroatoms. The monoisotopic (exact) mass is 557 g/mol. The molecule has 4 aromatic carbocycles. The second kappa shape index (κ2) is 11.3. The summed E-state index contributed by atoms with van der Waals surface area (Å²) < 4.78 is 1.90. The summed E-state index contributed by atoms with van der Waals surface area (Å²) in [6, 6.07) is 33.0. The lowest BCUT2D eigenvalue weighted by molar-refractivity contribution is 0.299. The highest BCUT2D eigenvalue weighted by Gasteiger charge is 2.25. The van der Waals surface area contributed by atoms with Crippen molar-refractivity contribution in [2.75, 3.05) is 42.6 Å². The Balaban J connectivity index is 1.13. The summed E-state index contributed by atoms with van der Waals surface area (Å²) in [5.41, 5.74) is 7.51. The van der Waals surface area contributed by atoms with Crippen molar-refractivity contribution in [3.63, 3.8) is 0 Å². The summed E-state index contributed by atoms with van der Waals surface area (Å²) >= 11 is 0. The molecule has 42 heavy (non-hydrogen) atoms. The number of phenols is 1. The van der Waals surface area contributed by atoms with Gasteiger partial charge in [-0.3, -0.25) is 0 Å². The predicted molar refractivity (Wildman–Crippen MR) is 168 cm³/mol. The van der Waals surface area contributed by atoms with Crippen molar-refractivity contribution in [3.05, 3.63) is 108 Å². The molecule has 0 spiro atoms. The molecule has 0 unspecified atom stereocenters. The van der Waals surface area contributed by atoms with Crippen LogP contribution in [0.15, 0.2) is 97.1 Å². The molecular weight excluding hydrogens is 522 g/mol. The third-order valence-corrected chi connectivity index (χ3v) is 8.39. The van der Waals surface area contributed by atoms with Gasteiger partial charge in [0, 0.05) is 49.7 Å². The maximum Gasteiger partial charge on any atom is 0.185 e. The number of para-hydroxylation sites is 1. The van der Waals surface area contributed by atoms with Crippen molar-refractivity contribution >= 4 is 11.4 Å². The van der Waals surface area contributed by atoms with Gasteiger partial charge in [-0.15, -0.1) is 5.10 Å². The molecule has 1 aliphatic heterocycles. The lowest BCUT2D eigenvalue weighted by Gasteiger charge is -2.37. The molecule has 212 valence electrons. The molecule has 0 bridgehead atoms. The molecule has 2 fully saturated rings. The fraction of sp³-hybridized carbons (Fsp3) is 0.257. The summed E-state index contributed by atoms with van der Waals surface area (Å²) in [5.74, 6) is 2.08. The Morgan fingerprint density at radius 1 is 0.714 bits per heavy atom. The minimum Gasteiger partial charge on any atom is -0.507 e. The Morgan fingerprint density at radius 2 is 1.36 bits per heavy atom. The average molecular weight is 558 g/mol. The molecule has 0 amide bonds. The number of hydrogen-bond donors (Lipinski definition) is 2. The summed E-state index contributed by atoms with van der Waals surface area (Å²) in [5, 5.41) is 24.6. The number of piperazine rings is 1. The van der Waals surface area contributed by atoms with Crippen LogP contribution in [0.4, 0.5) is 11.4 Å². The number of aliphatic hydroxyl groups is 1. The zero-order chi connectivity index (χ0) is 28.5. The lowest BCUT2D eigenvalue weighted by Crippen LogP contribution is -2.46. The number of aromatic hydroxyl groups is 1. The average Bonchev–Trinajstić information content (AvgIpc) is 3.81. The zero-order valence-corrected chi connectivity index (χ0v) is 23.6. The number of aliphatic hydroxyl groups excluding tert-OH is 1. The number of hydrogen-bond acceptors (Lipinski definition) is 6. The topological polar surface area (TPSA) is 77.7 Å². The second-order valence-corrected chi connectivity index (χ2v) is 11.2. The van der Waals surface area contributed by atoms with E-state index in [1.165, 1.54) is 35.3 Å². The van der Waals surface area contributed by atoms with E-state index >= 15 is 0 Å². The van der Waals surface area contributed by atoms with Gasteiger partial charge < -0.3 is 20.0 Å². The second-order valence-electron chi connectivity index (χ2n) is 11.2. The molecule has 5 aromatic rings. The van der Waals surface area contributed by atoms with Gasteiger partial charge in [-0.25, -0.2) is 9.67 Å². The van der Waals surface area contributed by atoms with Crippen molar-refractivity contribution in [1.82, 2.24) is 14.8 Å². The third kappa shape index (κ3) is 5.35. The van der Waals surface area contributed by atoms with Crippen molar-refractivity contribution in [2.45, 2.75) is 25.2 Å². The van der Waals surface area contributed by atoms with Crippen LogP contribution in [-0.4, -0.2) is 57.8 Å². The van der Waals surface area contributed by atoms with Crippen LogP contribution in [0, 0.1) is 0 Å². The van der Waals surface area contributed by atoms with Crippen molar-refractivity contribution in [2.24, 2.45) is 0 Å². The number of benzene rings is 4. The smallest absolute Gasteiger partial charge is 0.185 e. The molecule has 1 aliphatic carbocycles. The maximum atomic E-state index is 10.5. The Morgan fingerprint density at radius 3 is 2.00 bits per heavy atom.